The van der Waals surface area contributed by atoms with E-state index in [0.717, 1.165) is 10.0 Å². The number of halogens is 1. The number of aryl methyl sites for hydroxylation is 1. The molecule has 0 bridgehead atoms. The summed E-state index contributed by atoms with van der Waals surface area (Å²) in [5.74, 6) is -1.05. The highest BCUT2D eigenvalue weighted by molar-refractivity contribution is 9.10. The summed E-state index contributed by atoms with van der Waals surface area (Å²) in [6.07, 6.45) is 0.683. The van der Waals surface area contributed by atoms with E-state index in [9.17, 15) is 14.4 Å². The van der Waals surface area contributed by atoms with Gasteiger partial charge in [0.1, 0.15) is 6.29 Å². The van der Waals surface area contributed by atoms with E-state index < -0.39 is 11.9 Å². The van der Waals surface area contributed by atoms with Crippen LogP contribution in [0.4, 0.5) is 5.69 Å². The van der Waals surface area contributed by atoms with E-state index in [2.05, 4.69) is 21.2 Å². The zero-order chi connectivity index (χ0) is 16.8. The number of ether oxygens (including phenoxy) is 1. The lowest BCUT2D eigenvalue weighted by molar-refractivity contribution is -0.119. The van der Waals surface area contributed by atoms with Crippen molar-refractivity contribution in [1.29, 1.82) is 0 Å². The van der Waals surface area contributed by atoms with Gasteiger partial charge < -0.3 is 10.1 Å². The molecule has 0 aliphatic carbocycles. The predicted octanol–water partition coefficient (Wildman–Crippen LogP) is 3.37. The van der Waals surface area contributed by atoms with Crippen LogP contribution in [0.25, 0.3) is 0 Å². The standard InChI is InChI=1S/C17H14BrNO4/c1-11-8-14(6-7-15(11)18)19-16(21)10-23-17(22)13-4-2-12(9-20)3-5-13/h2-9H,10H2,1H3,(H,19,21). The van der Waals surface area contributed by atoms with Crippen molar-refractivity contribution in [2.45, 2.75) is 6.92 Å². The molecule has 5 nitrogen and oxygen atoms in total. The van der Waals surface area contributed by atoms with Crippen LogP contribution >= 0.6 is 15.9 Å². The number of amides is 1. The number of anilines is 1. The third-order valence-corrected chi connectivity index (χ3v) is 3.95. The van der Waals surface area contributed by atoms with Crippen LogP contribution in [-0.2, 0) is 9.53 Å². The van der Waals surface area contributed by atoms with Gasteiger partial charge in [0.2, 0.25) is 0 Å². The number of hydrogen-bond donors (Lipinski definition) is 1. The van der Waals surface area contributed by atoms with Gasteiger partial charge in [-0.3, -0.25) is 9.59 Å². The minimum atomic E-state index is -0.621. The highest BCUT2D eigenvalue weighted by atomic mass is 79.9. The van der Waals surface area contributed by atoms with Gasteiger partial charge in [0.05, 0.1) is 5.56 Å². The molecule has 0 fully saturated rings. The summed E-state index contributed by atoms with van der Waals surface area (Å²) in [4.78, 5) is 34.2. The fraction of sp³-hybridized carbons (Fsp3) is 0.118. The SMILES string of the molecule is Cc1cc(NC(=O)COC(=O)c2ccc(C=O)cc2)ccc1Br. The molecule has 0 atom stereocenters. The summed E-state index contributed by atoms with van der Waals surface area (Å²) in [6, 6.07) is 11.3. The Morgan fingerprint density at radius 1 is 1.17 bits per heavy atom. The van der Waals surface area contributed by atoms with E-state index in [1.807, 2.05) is 19.1 Å². The van der Waals surface area contributed by atoms with E-state index >= 15 is 0 Å². The fourth-order valence-corrected chi connectivity index (χ4v) is 2.08. The number of hydrogen-bond acceptors (Lipinski definition) is 4. The number of esters is 1. The van der Waals surface area contributed by atoms with Crippen molar-refractivity contribution in [1.82, 2.24) is 0 Å². The molecule has 2 rings (SSSR count). The van der Waals surface area contributed by atoms with Gasteiger partial charge in [-0.1, -0.05) is 28.1 Å². The highest BCUT2D eigenvalue weighted by Gasteiger charge is 2.10. The molecular weight excluding hydrogens is 362 g/mol. The van der Waals surface area contributed by atoms with Crippen molar-refractivity contribution in [3.8, 4) is 0 Å². The molecule has 118 valence electrons. The van der Waals surface area contributed by atoms with Crippen LogP contribution in [-0.4, -0.2) is 24.8 Å². The molecule has 23 heavy (non-hydrogen) atoms. The lowest BCUT2D eigenvalue weighted by Gasteiger charge is -2.08. The van der Waals surface area contributed by atoms with E-state index in [1.165, 1.54) is 24.3 Å². The Bertz CT molecular complexity index is 741. The Morgan fingerprint density at radius 3 is 2.48 bits per heavy atom. The van der Waals surface area contributed by atoms with Crippen molar-refractivity contribution in [3.63, 3.8) is 0 Å². The van der Waals surface area contributed by atoms with Gasteiger partial charge in [-0.05, 0) is 42.8 Å². The van der Waals surface area contributed by atoms with Gasteiger partial charge >= 0.3 is 5.97 Å². The first-order valence-electron chi connectivity index (χ1n) is 6.78. The van der Waals surface area contributed by atoms with Gasteiger partial charge in [0, 0.05) is 15.7 Å². The largest absolute Gasteiger partial charge is 0.452 e. The summed E-state index contributed by atoms with van der Waals surface area (Å²) in [5, 5.41) is 2.65. The first kappa shape index (κ1) is 16.9. The molecular formula is C17H14BrNO4. The smallest absolute Gasteiger partial charge is 0.338 e. The summed E-state index contributed by atoms with van der Waals surface area (Å²) < 4.78 is 5.89. The van der Waals surface area contributed by atoms with Gasteiger partial charge in [0.15, 0.2) is 6.61 Å². The van der Waals surface area contributed by atoms with E-state index in [0.29, 0.717) is 17.5 Å². The maximum Gasteiger partial charge on any atom is 0.338 e. The van der Waals surface area contributed by atoms with Crippen LogP contribution in [0, 0.1) is 6.92 Å². The second-order valence-electron chi connectivity index (χ2n) is 4.83. The van der Waals surface area contributed by atoms with Crippen molar-refractivity contribution in [3.05, 3.63) is 63.6 Å². The summed E-state index contributed by atoms with van der Waals surface area (Å²) in [6.45, 7) is 1.52. The first-order chi connectivity index (χ1) is 11.0. The van der Waals surface area contributed by atoms with Gasteiger partial charge in [-0.15, -0.1) is 0 Å². The number of carbonyl (C=O) groups excluding carboxylic acids is 3. The van der Waals surface area contributed by atoms with Crippen molar-refractivity contribution >= 4 is 39.8 Å². The fourth-order valence-electron chi connectivity index (χ4n) is 1.83. The Morgan fingerprint density at radius 2 is 1.87 bits per heavy atom. The molecule has 6 heteroatoms. The third-order valence-electron chi connectivity index (χ3n) is 3.06. The number of benzene rings is 2. The summed E-state index contributed by atoms with van der Waals surface area (Å²) in [5.41, 5.74) is 2.35. The van der Waals surface area contributed by atoms with Gasteiger partial charge in [-0.25, -0.2) is 4.79 Å². The number of rotatable bonds is 5. The molecule has 1 N–H and O–H groups in total. The molecule has 2 aromatic carbocycles. The molecule has 0 heterocycles. The van der Waals surface area contributed by atoms with Crippen molar-refractivity contribution < 1.29 is 19.1 Å². The Balaban J connectivity index is 1.88. The minimum Gasteiger partial charge on any atom is -0.452 e. The summed E-state index contributed by atoms with van der Waals surface area (Å²) in [7, 11) is 0. The Labute approximate surface area is 141 Å². The van der Waals surface area contributed by atoms with E-state index in [1.54, 1.807) is 6.07 Å². The van der Waals surface area contributed by atoms with Gasteiger partial charge in [-0.2, -0.15) is 0 Å². The maximum atomic E-state index is 11.8. The number of aldehydes is 1. The zero-order valence-corrected chi connectivity index (χ0v) is 13.9. The highest BCUT2D eigenvalue weighted by Crippen LogP contribution is 2.19. The zero-order valence-electron chi connectivity index (χ0n) is 12.3. The van der Waals surface area contributed by atoms with E-state index in [4.69, 9.17) is 4.74 Å². The molecule has 1 amide bonds. The molecule has 2 aromatic rings. The number of nitrogens with one attached hydrogen (secondary N) is 1. The monoisotopic (exact) mass is 375 g/mol. The van der Waals surface area contributed by atoms with E-state index in [-0.39, 0.29) is 12.2 Å². The third kappa shape index (κ3) is 4.75. The van der Waals surface area contributed by atoms with Crippen LogP contribution in [0.15, 0.2) is 46.9 Å². The second kappa shape index (κ2) is 7.69. The Kier molecular flexibility index (Phi) is 5.65. The van der Waals surface area contributed by atoms with Crippen LogP contribution in [0.5, 0.6) is 0 Å². The average Bonchev–Trinajstić information content (AvgIpc) is 2.56. The van der Waals surface area contributed by atoms with Crippen LogP contribution < -0.4 is 5.32 Å². The van der Waals surface area contributed by atoms with Crippen molar-refractivity contribution in [2.24, 2.45) is 0 Å². The quantitative estimate of drug-likeness (QED) is 0.642. The van der Waals surface area contributed by atoms with Gasteiger partial charge in [0.25, 0.3) is 5.91 Å². The predicted molar refractivity (Wildman–Crippen MR) is 89.6 cm³/mol. The molecule has 0 saturated carbocycles. The molecule has 0 radical (unpaired) electrons. The normalized spacial score (nSPS) is 10.0. The summed E-state index contributed by atoms with van der Waals surface area (Å²) >= 11 is 3.38. The Hall–Kier alpha value is -2.47. The van der Waals surface area contributed by atoms with Crippen molar-refractivity contribution in [2.75, 3.05) is 11.9 Å². The molecule has 0 saturated heterocycles. The molecule has 0 aliphatic heterocycles. The molecule has 0 aliphatic rings. The molecule has 0 unspecified atom stereocenters. The lowest BCUT2D eigenvalue weighted by Crippen LogP contribution is -2.21. The molecule has 0 spiro atoms. The topological polar surface area (TPSA) is 72.5 Å². The lowest BCUT2D eigenvalue weighted by atomic mass is 10.1. The minimum absolute atomic E-state index is 0.280. The maximum absolute atomic E-state index is 11.8. The number of carbonyl (C=O) groups is 3. The first-order valence-corrected chi connectivity index (χ1v) is 7.57. The average molecular weight is 376 g/mol. The van der Waals surface area contributed by atoms with Crippen LogP contribution in [0.3, 0.4) is 0 Å². The second-order valence-corrected chi connectivity index (χ2v) is 5.68. The molecule has 0 aromatic heterocycles. The van der Waals surface area contributed by atoms with Crippen LogP contribution in [0.1, 0.15) is 26.3 Å². The van der Waals surface area contributed by atoms with Crippen LogP contribution in [0.2, 0.25) is 0 Å².